The van der Waals surface area contributed by atoms with E-state index in [4.69, 9.17) is 4.74 Å². The number of methoxy groups -OCH3 is 1. The molecule has 0 atom stereocenters. The molecule has 24 heavy (non-hydrogen) atoms. The van der Waals surface area contributed by atoms with Crippen LogP contribution < -0.4 is 10.1 Å². The molecule has 0 unspecified atom stereocenters. The molecule has 7 heteroatoms. The summed E-state index contributed by atoms with van der Waals surface area (Å²) in [6, 6.07) is 4.56. The van der Waals surface area contributed by atoms with Gasteiger partial charge in [-0.25, -0.2) is 8.42 Å². The number of sulfonamides is 1. The number of carbonyl (C=O) groups excluding carboxylic acids is 1. The van der Waals surface area contributed by atoms with Crippen LogP contribution in [0.1, 0.15) is 49.4 Å². The summed E-state index contributed by atoms with van der Waals surface area (Å²) in [5.41, 5.74) is 0.336. The minimum absolute atomic E-state index is 0.0649. The Morgan fingerprint density at radius 3 is 2.58 bits per heavy atom. The standard InChI is InChI=1S/C17H26N2O4S/c1-3-4-10-18-17(20)14-8-9-15(23-2)16(13-14)24(21,22)19-11-6-5-7-12-19/h8-9,13H,3-7,10-12H2,1-2H3,(H,18,20). The zero-order chi connectivity index (χ0) is 17.6. The summed E-state index contributed by atoms with van der Waals surface area (Å²) in [6.45, 7) is 3.65. The predicted molar refractivity (Wildman–Crippen MR) is 92.8 cm³/mol. The normalized spacial score (nSPS) is 15.9. The highest BCUT2D eigenvalue weighted by Gasteiger charge is 2.29. The van der Waals surface area contributed by atoms with Gasteiger partial charge in [-0.05, 0) is 37.5 Å². The molecule has 6 nitrogen and oxygen atoms in total. The molecule has 1 fully saturated rings. The molecule has 0 saturated carbocycles. The van der Waals surface area contributed by atoms with E-state index in [-0.39, 0.29) is 16.6 Å². The number of nitrogens with zero attached hydrogens (tertiary/aromatic N) is 1. The maximum absolute atomic E-state index is 12.9. The molecule has 1 aromatic carbocycles. The number of hydrogen-bond donors (Lipinski definition) is 1. The van der Waals surface area contributed by atoms with Gasteiger partial charge in [0.05, 0.1) is 7.11 Å². The molecule has 1 aromatic rings. The van der Waals surface area contributed by atoms with Crippen molar-refractivity contribution in [1.29, 1.82) is 0 Å². The Hall–Kier alpha value is -1.60. The first-order valence-corrected chi connectivity index (χ1v) is 9.91. The van der Waals surface area contributed by atoms with Gasteiger partial charge in [0.1, 0.15) is 10.6 Å². The molecule has 1 aliphatic heterocycles. The van der Waals surface area contributed by atoms with Crippen LogP contribution in [0, 0.1) is 0 Å². The molecule has 0 aromatic heterocycles. The third-order valence-corrected chi connectivity index (χ3v) is 6.09. The van der Waals surface area contributed by atoms with Crippen LogP contribution in [0.2, 0.25) is 0 Å². The molecule has 1 heterocycles. The molecule has 134 valence electrons. The average Bonchev–Trinajstić information content (AvgIpc) is 2.62. The van der Waals surface area contributed by atoms with Gasteiger partial charge >= 0.3 is 0 Å². The van der Waals surface area contributed by atoms with Crippen molar-refractivity contribution in [3.63, 3.8) is 0 Å². The molecule has 0 radical (unpaired) electrons. The number of nitrogens with one attached hydrogen (secondary N) is 1. The van der Waals surface area contributed by atoms with Crippen molar-refractivity contribution in [2.75, 3.05) is 26.7 Å². The van der Waals surface area contributed by atoms with Gasteiger partial charge in [-0.3, -0.25) is 4.79 Å². The zero-order valence-electron chi connectivity index (χ0n) is 14.4. The first kappa shape index (κ1) is 18.7. The van der Waals surface area contributed by atoms with Crippen molar-refractivity contribution >= 4 is 15.9 Å². The summed E-state index contributed by atoms with van der Waals surface area (Å²) in [5.74, 6) is 0.00637. The third-order valence-electron chi connectivity index (χ3n) is 4.17. The fourth-order valence-corrected chi connectivity index (χ4v) is 4.44. The van der Waals surface area contributed by atoms with E-state index in [2.05, 4.69) is 5.32 Å². The van der Waals surface area contributed by atoms with Crippen LogP contribution in [0.3, 0.4) is 0 Å². The second kappa shape index (κ2) is 8.48. The summed E-state index contributed by atoms with van der Waals surface area (Å²) >= 11 is 0. The van der Waals surface area contributed by atoms with Crippen LogP contribution in [0.25, 0.3) is 0 Å². The Kier molecular flexibility index (Phi) is 6.62. The lowest BCUT2D eigenvalue weighted by Crippen LogP contribution is -2.36. The van der Waals surface area contributed by atoms with E-state index in [1.165, 1.54) is 17.5 Å². The number of hydrogen-bond acceptors (Lipinski definition) is 4. The number of rotatable bonds is 7. The highest BCUT2D eigenvalue weighted by atomic mass is 32.2. The van der Waals surface area contributed by atoms with Crippen LogP contribution >= 0.6 is 0 Å². The van der Waals surface area contributed by atoms with Gasteiger partial charge < -0.3 is 10.1 Å². The van der Waals surface area contributed by atoms with Crippen LogP contribution in [0.5, 0.6) is 5.75 Å². The number of ether oxygens (including phenoxy) is 1. The molecule has 0 spiro atoms. The molecule has 1 saturated heterocycles. The maximum Gasteiger partial charge on any atom is 0.251 e. The molecule has 1 aliphatic rings. The summed E-state index contributed by atoms with van der Waals surface area (Å²) < 4.78 is 32.5. The van der Waals surface area contributed by atoms with Crippen molar-refractivity contribution in [2.45, 2.75) is 43.9 Å². The largest absolute Gasteiger partial charge is 0.495 e. The Morgan fingerprint density at radius 2 is 1.96 bits per heavy atom. The second-order valence-corrected chi connectivity index (χ2v) is 7.85. The van der Waals surface area contributed by atoms with E-state index >= 15 is 0 Å². The van der Waals surface area contributed by atoms with Gasteiger partial charge in [-0.15, -0.1) is 0 Å². The van der Waals surface area contributed by atoms with Crippen molar-refractivity contribution in [3.05, 3.63) is 23.8 Å². The van der Waals surface area contributed by atoms with E-state index < -0.39 is 10.0 Å². The average molecular weight is 354 g/mol. The van der Waals surface area contributed by atoms with E-state index in [9.17, 15) is 13.2 Å². The summed E-state index contributed by atoms with van der Waals surface area (Å²) in [7, 11) is -2.22. The van der Waals surface area contributed by atoms with Crippen molar-refractivity contribution < 1.29 is 17.9 Å². The SMILES string of the molecule is CCCCNC(=O)c1ccc(OC)c(S(=O)(=O)N2CCCCC2)c1. The quantitative estimate of drug-likeness (QED) is 0.763. The summed E-state index contributed by atoms with van der Waals surface area (Å²) in [6.07, 6.45) is 4.64. The molecule has 1 amide bonds. The van der Waals surface area contributed by atoms with Gasteiger partial charge in [-0.2, -0.15) is 4.31 Å². The van der Waals surface area contributed by atoms with Crippen LogP contribution in [-0.4, -0.2) is 45.4 Å². The number of amides is 1. The Balaban J connectivity index is 2.30. The topological polar surface area (TPSA) is 75.7 Å². The Labute approximate surface area is 144 Å². The van der Waals surface area contributed by atoms with Crippen molar-refractivity contribution in [2.24, 2.45) is 0 Å². The van der Waals surface area contributed by atoms with Gasteiger partial charge in [0.2, 0.25) is 10.0 Å². The summed E-state index contributed by atoms with van der Waals surface area (Å²) in [5, 5.41) is 2.81. The van der Waals surface area contributed by atoms with E-state index in [0.717, 1.165) is 32.1 Å². The predicted octanol–water partition coefficient (Wildman–Crippen LogP) is 2.40. The van der Waals surface area contributed by atoms with Crippen molar-refractivity contribution in [1.82, 2.24) is 9.62 Å². The molecule has 0 aliphatic carbocycles. The first-order chi connectivity index (χ1) is 11.5. The lowest BCUT2D eigenvalue weighted by molar-refractivity contribution is 0.0953. The van der Waals surface area contributed by atoms with E-state index in [1.807, 2.05) is 6.92 Å². The maximum atomic E-state index is 12.9. The van der Waals surface area contributed by atoms with Gasteiger partial charge in [0, 0.05) is 25.2 Å². The lowest BCUT2D eigenvalue weighted by atomic mass is 10.2. The number of benzene rings is 1. The fourth-order valence-electron chi connectivity index (χ4n) is 2.74. The minimum atomic E-state index is -3.66. The number of unbranched alkanes of at least 4 members (excludes halogenated alkanes) is 1. The van der Waals surface area contributed by atoms with Gasteiger partial charge in [-0.1, -0.05) is 19.8 Å². The monoisotopic (exact) mass is 354 g/mol. The highest BCUT2D eigenvalue weighted by Crippen LogP contribution is 2.29. The second-order valence-electron chi connectivity index (χ2n) is 5.94. The first-order valence-electron chi connectivity index (χ1n) is 8.47. The van der Waals surface area contributed by atoms with Crippen LogP contribution in [0.4, 0.5) is 0 Å². The highest BCUT2D eigenvalue weighted by molar-refractivity contribution is 7.89. The van der Waals surface area contributed by atoms with E-state index in [1.54, 1.807) is 12.1 Å². The summed E-state index contributed by atoms with van der Waals surface area (Å²) in [4.78, 5) is 12.3. The van der Waals surface area contributed by atoms with Crippen molar-refractivity contribution in [3.8, 4) is 5.75 Å². The van der Waals surface area contributed by atoms with Gasteiger partial charge in [0.15, 0.2) is 0 Å². The van der Waals surface area contributed by atoms with E-state index in [0.29, 0.717) is 25.2 Å². The number of carbonyl (C=O) groups is 1. The molecular formula is C17H26N2O4S. The third kappa shape index (κ3) is 4.27. The molecule has 2 rings (SSSR count). The molecular weight excluding hydrogens is 328 g/mol. The Morgan fingerprint density at radius 1 is 1.25 bits per heavy atom. The van der Waals surface area contributed by atoms with Gasteiger partial charge in [0.25, 0.3) is 5.91 Å². The van der Waals surface area contributed by atoms with Crippen LogP contribution in [0.15, 0.2) is 23.1 Å². The minimum Gasteiger partial charge on any atom is -0.495 e. The molecule has 0 bridgehead atoms. The lowest BCUT2D eigenvalue weighted by Gasteiger charge is -2.26. The Bertz CT molecular complexity index is 667. The number of piperidine rings is 1. The molecule has 1 N–H and O–H groups in total. The smallest absolute Gasteiger partial charge is 0.251 e. The zero-order valence-corrected chi connectivity index (χ0v) is 15.2. The fraction of sp³-hybridized carbons (Fsp3) is 0.588. The van der Waals surface area contributed by atoms with Crippen LogP contribution in [-0.2, 0) is 10.0 Å².